The van der Waals surface area contributed by atoms with Crippen molar-refractivity contribution in [2.24, 2.45) is 5.73 Å². The molecule has 2 aliphatic rings. The molecule has 0 fully saturated rings. The molecule has 1 aromatic carbocycles. The molecule has 4 N–H and O–H groups in total. The number of hydrogen-bond acceptors (Lipinski definition) is 3. The van der Waals surface area contributed by atoms with Gasteiger partial charge in [-0.2, -0.15) is 0 Å². The minimum atomic E-state index is 0.242. The van der Waals surface area contributed by atoms with Gasteiger partial charge < -0.3 is 16.4 Å². The molecule has 1 atom stereocenters. The number of nitrogens with one attached hydrogen (secondary N) is 2. The van der Waals surface area contributed by atoms with Gasteiger partial charge in [-0.25, -0.2) is 0 Å². The largest absolute Gasteiger partial charge is 0.383 e. The molecule has 3 rings (SSSR count). The molecule has 0 radical (unpaired) electrons. The summed E-state index contributed by atoms with van der Waals surface area (Å²) in [5, 5.41) is 6.84. The number of benzene rings is 1. The Morgan fingerprint density at radius 2 is 1.94 bits per heavy atom. The van der Waals surface area contributed by atoms with Crippen LogP contribution in [-0.2, 0) is 6.42 Å². The lowest BCUT2D eigenvalue weighted by Gasteiger charge is -2.26. The first-order valence-corrected chi connectivity index (χ1v) is 6.80. The van der Waals surface area contributed by atoms with Crippen LogP contribution in [0, 0.1) is 0 Å². The van der Waals surface area contributed by atoms with Crippen molar-refractivity contribution in [2.45, 2.75) is 33.2 Å². The van der Waals surface area contributed by atoms with E-state index in [0.29, 0.717) is 0 Å². The highest BCUT2D eigenvalue weighted by Gasteiger charge is 2.18. The fourth-order valence-electron chi connectivity index (χ4n) is 2.41. The van der Waals surface area contributed by atoms with Crippen LogP contribution >= 0.6 is 0 Å². The van der Waals surface area contributed by atoms with E-state index >= 15 is 0 Å². The van der Waals surface area contributed by atoms with Gasteiger partial charge >= 0.3 is 0 Å². The van der Waals surface area contributed by atoms with Gasteiger partial charge in [-0.05, 0) is 36.6 Å². The van der Waals surface area contributed by atoms with Crippen LogP contribution in [0.1, 0.15) is 31.9 Å². The Balaban J connectivity index is 0.000000574. The second kappa shape index (κ2) is 5.44. The Morgan fingerprint density at radius 3 is 2.72 bits per heavy atom. The molecular weight excluding hydrogens is 222 g/mol. The zero-order valence-corrected chi connectivity index (χ0v) is 11.5. The first-order valence-electron chi connectivity index (χ1n) is 6.80. The van der Waals surface area contributed by atoms with Crippen LogP contribution in [0.4, 0.5) is 11.4 Å². The van der Waals surface area contributed by atoms with Gasteiger partial charge in [0.05, 0.1) is 0 Å². The minimum Gasteiger partial charge on any atom is -0.383 e. The van der Waals surface area contributed by atoms with Crippen LogP contribution in [0.3, 0.4) is 0 Å². The first-order chi connectivity index (χ1) is 8.72. The molecule has 0 bridgehead atoms. The highest BCUT2D eigenvalue weighted by Crippen LogP contribution is 2.32. The SMILES string of the molecule is CC.CC1=Cc2cc3c(cc2NC1)CC(N)CN3. The number of hydrogen-bond donors (Lipinski definition) is 3. The molecule has 0 aromatic heterocycles. The molecule has 1 aromatic rings. The van der Waals surface area contributed by atoms with Gasteiger partial charge in [0.15, 0.2) is 0 Å². The molecule has 18 heavy (non-hydrogen) atoms. The standard InChI is InChI=1S/C13H17N3.C2H6/c1-8-2-9-4-13-10(3-11(14)7-16-13)5-12(9)15-6-8;1-2/h2,4-5,11,15-16H,3,6-7,14H2,1H3;1-2H3. The lowest BCUT2D eigenvalue weighted by atomic mass is 9.95. The van der Waals surface area contributed by atoms with Crippen molar-refractivity contribution in [3.63, 3.8) is 0 Å². The summed E-state index contributed by atoms with van der Waals surface area (Å²) in [4.78, 5) is 0. The quantitative estimate of drug-likeness (QED) is 0.659. The summed E-state index contributed by atoms with van der Waals surface area (Å²) >= 11 is 0. The molecule has 0 amide bonds. The zero-order chi connectivity index (χ0) is 13.1. The van der Waals surface area contributed by atoms with E-state index in [4.69, 9.17) is 5.73 Å². The second-order valence-corrected chi connectivity index (χ2v) is 4.79. The van der Waals surface area contributed by atoms with Gasteiger partial charge in [-0.3, -0.25) is 0 Å². The van der Waals surface area contributed by atoms with Crippen LogP contribution < -0.4 is 16.4 Å². The van der Waals surface area contributed by atoms with Crippen LogP contribution in [-0.4, -0.2) is 19.1 Å². The van der Waals surface area contributed by atoms with Crippen molar-refractivity contribution >= 4 is 17.5 Å². The maximum atomic E-state index is 5.95. The molecule has 98 valence electrons. The van der Waals surface area contributed by atoms with Gasteiger partial charge in [-0.15, -0.1) is 0 Å². The average Bonchev–Trinajstić information content (AvgIpc) is 2.39. The van der Waals surface area contributed by atoms with Gasteiger partial charge in [-0.1, -0.05) is 25.5 Å². The van der Waals surface area contributed by atoms with Crippen molar-refractivity contribution in [2.75, 3.05) is 23.7 Å². The number of anilines is 2. The van der Waals surface area contributed by atoms with Crippen molar-refractivity contribution in [1.29, 1.82) is 0 Å². The van der Waals surface area contributed by atoms with E-state index in [0.717, 1.165) is 19.5 Å². The Morgan fingerprint density at radius 1 is 1.17 bits per heavy atom. The number of nitrogens with two attached hydrogens (primary N) is 1. The van der Waals surface area contributed by atoms with E-state index in [1.807, 2.05) is 13.8 Å². The van der Waals surface area contributed by atoms with Crippen LogP contribution in [0.15, 0.2) is 17.7 Å². The molecule has 3 nitrogen and oxygen atoms in total. The maximum absolute atomic E-state index is 5.95. The summed E-state index contributed by atoms with van der Waals surface area (Å²) in [5.74, 6) is 0. The average molecular weight is 245 g/mol. The Hall–Kier alpha value is -1.48. The third-order valence-corrected chi connectivity index (χ3v) is 3.27. The zero-order valence-electron chi connectivity index (χ0n) is 11.5. The summed E-state index contributed by atoms with van der Waals surface area (Å²) in [5.41, 5.74) is 12.4. The molecule has 2 heterocycles. The maximum Gasteiger partial charge on any atom is 0.0420 e. The molecule has 3 heteroatoms. The van der Waals surface area contributed by atoms with Gasteiger partial charge in [0.1, 0.15) is 0 Å². The molecule has 0 aliphatic carbocycles. The van der Waals surface area contributed by atoms with Gasteiger partial charge in [0, 0.05) is 30.5 Å². The highest BCUT2D eigenvalue weighted by atomic mass is 14.9. The first kappa shape index (κ1) is 13.0. The van der Waals surface area contributed by atoms with E-state index in [1.165, 1.54) is 28.1 Å². The third kappa shape index (κ3) is 2.51. The highest BCUT2D eigenvalue weighted by molar-refractivity contribution is 5.77. The van der Waals surface area contributed by atoms with Crippen molar-refractivity contribution in [1.82, 2.24) is 0 Å². The Bertz CT molecular complexity index is 463. The molecular formula is C15H23N3. The van der Waals surface area contributed by atoms with E-state index in [-0.39, 0.29) is 6.04 Å². The van der Waals surface area contributed by atoms with E-state index in [9.17, 15) is 0 Å². The van der Waals surface area contributed by atoms with Crippen molar-refractivity contribution in [3.05, 3.63) is 28.8 Å². The van der Waals surface area contributed by atoms with E-state index < -0.39 is 0 Å². The minimum absolute atomic E-state index is 0.242. The molecule has 0 saturated carbocycles. The monoisotopic (exact) mass is 245 g/mol. The Kier molecular flexibility index (Phi) is 3.92. The fraction of sp³-hybridized carbons (Fsp3) is 0.467. The lowest BCUT2D eigenvalue weighted by molar-refractivity contribution is 0.679. The van der Waals surface area contributed by atoms with Crippen molar-refractivity contribution < 1.29 is 0 Å². The van der Waals surface area contributed by atoms with Crippen LogP contribution in [0.25, 0.3) is 6.08 Å². The second-order valence-electron chi connectivity index (χ2n) is 4.79. The van der Waals surface area contributed by atoms with E-state index in [1.54, 1.807) is 0 Å². The summed E-state index contributed by atoms with van der Waals surface area (Å²) in [7, 11) is 0. The number of rotatable bonds is 0. The number of fused-ring (bicyclic) bond motifs is 2. The molecule has 0 spiro atoms. The Labute approximate surface area is 109 Å². The fourth-order valence-corrected chi connectivity index (χ4v) is 2.41. The lowest BCUT2D eigenvalue weighted by Crippen LogP contribution is -2.35. The van der Waals surface area contributed by atoms with E-state index in [2.05, 4.69) is 35.8 Å². The van der Waals surface area contributed by atoms with Crippen LogP contribution in [0.5, 0.6) is 0 Å². The van der Waals surface area contributed by atoms with Gasteiger partial charge in [0.2, 0.25) is 0 Å². The summed E-state index contributed by atoms with van der Waals surface area (Å²) < 4.78 is 0. The summed E-state index contributed by atoms with van der Waals surface area (Å²) in [6.07, 6.45) is 3.22. The van der Waals surface area contributed by atoms with Gasteiger partial charge in [0.25, 0.3) is 0 Å². The smallest absolute Gasteiger partial charge is 0.0420 e. The molecule has 1 unspecified atom stereocenters. The third-order valence-electron chi connectivity index (χ3n) is 3.27. The van der Waals surface area contributed by atoms with Crippen molar-refractivity contribution in [3.8, 4) is 0 Å². The summed E-state index contributed by atoms with van der Waals surface area (Å²) in [6, 6.07) is 4.71. The summed E-state index contributed by atoms with van der Waals surface area (Å²) in [6.45, 7) is 7.98. The normalized spacial score (nSPS) is 20.2. The molecule has 2 aliphatic heterocycles. The topological polar surface area (TPSA) is 50.1 Å². The van der Waals surface area contributed by atoms with Crippen LogP contribution in [0.2, 0.25) is 0 Å². The predicted molar refractivity (Wildman–Crippen MR) is 80.1 cm³/mol. The predicted octanol–water partition coefficient (Wildman–Crippen LogP) is 2.84. The molecule has 0 saturated heterocycles.